The van der Waals surface area contributed by atoms with Crippen LogP contribution >= 0.6 is 0 Å². The van der Waals surface area contributed by atoms with Crippen molar-refractivity contribution in [3.63, 3.8) is 0 Å². The smallest absolute Gasteiger partial charge is 0.181 e. The van der Waals surface area contributed by atoms with E-state index >= 15 is 4.39 Å². The zero-order chi connectivity index (χ0) is 26.2. The molecule has 0 saturated carbocycles. The van der Waals surface area contributed by atoms with Gasteiger partial charge in [-0.2, -0.15) is 0 Å². The molecule has 1 unspecified atom stereocenters. The molecule has 39 heavy (non-hydrogen) atoms. The van der Waals surface area contributed by atoms with Crippen molar-refractivity contribution in [2.24, 2.45) is 0 Å². The van der Waals surface area contributed by atoms with Gasteiger partial charge in [0, 0.05) is 65.7 Å². The van der Waals surface area contributed by atoms with Gasteiger partial charge in [0.2, 0.25) is 0 Å². The summed E-state index contributed by atoms with van der Waals surface area (Å²) in [5.74, 6) is 0.453. The van der Waals surface area contributed by atoms with Gasteiger partial charge in [-0.05, 0) is 35.7 Å². The zero-order valence-electron chi connectivity index (χ0n) is 21.8. The summed E-state index contributed by atoms with van der Waals surface area (Å²) in [6.45, 7) is 6.07. The van der Waals surface area contributed by atoms with Crippen LogP contribution in [0.1, 0.15) is 16.7 Å². The maximum atomic E-state index is 15.6. The van der Waals surface area contributed by atoms with Gasteiger partial charge in [-0.25, -0.2) is 4.39 Å². The third kappa shape index (κ3) is 4.24. The van der Waals surface area contributed by atoms with Crippen LogP contribution in [0.2, 0.25) is 0 Å². The number of nitrogens with zero attached hydrogens (tertiary/aromatic N) is 2. The van der Waals surface area contributed by atoms with Gasteiger partial charge in [0.25, 0.3) is 0 Å². The molecule has 5 nitrogen and oxygen atoms in total. The number of fused-ring (bicyclic) bond motifs is 3. The van der Waals surface area contributed by atoms with E-state index in [1.165, 1.54) is 11.5 Å². The monoisotopic (exact) mass is 522 g/mol. The van der Waals surface area contributed by atoms with E-state index in [-0.39, 0.29) is 5.82 Å². The maximum Gasteiger partial charge on any atom is 0.181 e. The zero-order valence-corrected chi connectivity index (χ0v) is 21.8. The lowest BCUT2D eigenvalue weighted by atomic mass is 9.82. The molecule has 6 heteroatoms. The normalized spacial score (nSPS) is 21.1. The van der Waals surface area contributed by atoms with E-state index in [2.05, 4.69) is 58.3 Å². The predicted molar refractivity (Wildman–Crippen MR) is 153 cm³/mol. The van der Waals surface area contributed by atoms with Crippen LogP contribution in [-0.2, 0) is 15.1 Å². The van der Waals surface area contributed by atoms with E-state index in [0.29, 0.717) is 32.0 Å². The number of halogens is 1. The van der Waals surface area contributed by atoms with Gasteiger partial charge < -0.3 is 24.0 Å². The highest BCUT2D eigenvalue weighted by Crippen LogP contribution is 2.47. The predicted octanol–water partition coefficient (Wildman–Crippen LogP) is 6.00. The van der Waals surface area contributed by atoms with Crippen LogP contribution in [0.4, 0.5) is 15.8 Å². The molecule has 4 aromatic rings. The molecule has 0 N–H and O–H groups in total. The topological polar surface area (TPSA) is 34.2 Å². The van der Waals surface area contributed by atoms with E-state index in [4.69, 9.17) is 14.2 Å². The molecule has 3 heterocycles. The summed E-state index contributed by atoms with van der Waals surface area (Å²) in [7, 11) is 0. The number of rotatable bonds is 4. The van der Waals surface area contributed by atoms with Gasteiger partial charge in [-0.3, -0.25) is 0 Å². The Morgan fingerprint density at radius 1 is 0.692 bits per heavy atom. The third-order valence-electron chi connectivity index (χ3n) is 8.06. The largest absolute Gasteiger partial charge is 0.473 e. The Hall–Kier alpha value is -3.87. The SMILES string of the molecule is Fc1ccccc1C1(c2cccc(N3CCOCC3)c2)C=Cc2c(cc(N3CCOCC3)c3ccccc23)O1. The number of morpholine rings is 2. The van der Waals surface area contributed by atoms with Crippen molar-refractivity contribution in [3.05, 3.63) is 107 Å². The molecule has 0 spiro atoms. The highest BCUT2D eigenvalue weighted by molar-refractivity contribution is 6.02. The Labute approximate surface area is 228 Å². The Morgan fingerprint density at radius 3 is 2.15 bits per heavy atom. The molecule has 4 aromatic carbocycles. The number of anilines is 2. The minimum atomic E-state index is -1.12. The Bertz CT molecular complexity index is 1540. The third-order valence-corrected chi connectivity index (χ3v) is 8.06. The van der Waals surface area contributed by atoms with Crippen molar-refractivity contribution in [2.45, 2.75) is 5.60 Å². The summed E-state index contributed by atoms with van der Waals surface area (Å²) in [6, 6.07) is 25.8. The van der Waals surface area contributed by atoms with Gasteiger partial charge in [0.1, 0.15) is 11.6 Å². The molecule has 3 aliphatic heterocycles. The minimum Gasteiger partial charge on any atom is -0.473 e. The van der Waals surface area contributed by atoms with Gasteiger partial charge in [0.05, 0.1) is 26.4 Å². The fraction of sp³-hybridized carbons (Fsp3) is 0.273. The summed E-state index contributed by atoms with van der Waals surface area (Å²) in [5, 5.41) is 2.30. The van der Waals surface area contributed by atoms with Crippen LogP contribution in [0.15, 0.2) is 84.9 Å². The molecule has 2 fully saturated rings. The summed E-state index contributed by atoms with van der Waals surface area (Å²) in [4.78, 5) is 4.67. The molecule has 0 aromatic heterocycles. The molecule has 1 atom stereocenters. The van der Waals surface area contributed by atoms with Crippen molar-refractivity contribution < 1.29 is 18.6 Å². The first-order valence-corrected chi connectivity index (χ1v) is 13.7. The summed E-state index contributed by atoms with van der Waals surface area (Å²) < 4.78 is 33.8. The van der Waals surface area contributed by atoms with E-state index in [0.717, 1.165) is 59.8 Å². The van der Waals surface area contributed by atoms with Crippen LogP contribution in [0.25, 0.3) is 16.8 Å². The van der Waals surface area contributed by atoms with Crippen molar-refractivity contribution in [1.29, 1.82) is 0 Å². The number of hydrogen-bond donors (Lipinski definition) is 0. The van der Waals surface area contributed by atoms with Crippen molar-refractivity contribution in [2.75, 3.05) is 62.4 Å². The first kappa shape index (κ1) is 24.2. The standard InChI is InChI=1S/C33H31FN2O3/c34-30-11-4-3-10-29(30)33(24-6-5-7-25(22-24)35-14-18-37-19-15-35)13-12-28-26-8-1-2-9-27(26)31(23-32(28)39-33)36-16-20-38-21-17-36/h1-13,22-23H,14-21H2. The summed E-state index contributed by atoms with van der Waals surface area (Å²) in [5.41, 5.74) is 3.48. The fourth-order valence-corrected chi connectivity index (χ4v) is 6.06. The van der Waals surface area contributed by atoms with E-state index in [1.807, 2.05) is 30.3 Å². The summed E-state index contributed by atoms with van der Waals surface area (Å²) >= 11 is 0. The number of ether oxygens (including phenoxy) is 3. The Morgan fingerprint density at radius 2 is 1.38 bits per heavy atom. The highest BCUT2D eigenvalue weighted by Gasteiger charge is 2.40. The molecule has 0 aliphatic carbocycles. The molecule has 2 saturated heterocycles. The second-order valence-corrected chi connectivity index (χ2v) is 10.3. The molecule has 3 aliphatic rings. The lowest BCUT2D eigenvalue weighted by molar-refractivity contribution is 0.122. The average molecular weight is 523 g/mol. The summed E-state index contributed by atoms with van der Waals surface area (Å²) in [6.07, 6.45) is 4.13. The van der Waals surface area contributed by atoms with Gasteiger partial charge in [-0.15, -0.1) is 0 Å². The second kappa shape index (κ2) is 10.0. The van der Waals surface area contributed by atoms with Crippen molar-refractivity contribution in [1.82, 2.24) is 0 Å². The maximum absolute atomic E-state index is 15.6. The average Bonchev–Trinajstić information content (AvgIpc) is 3.01. The second-order valence-electron chi connectivity index (χ2n) is 10.3. The quantitative estimate of drug-likeness (QED) is 0.328. The lowest BCUT2D eigenvalue weighted by Crippen LogP contribution is -2.38. The minimum absolute atomic E-state index is 0.295. The Kier molecular flexibility index (Phi) is 6.22. The number of benzene rings is 4. The molecule has 198 valence electrons. The van der Waals surface area contributed by atoms with Crippen LogP contribution in [0, 0.1) is 5.82 Å². The van der Waals surface area contributed by atoms with Crippen LogP contribution in [0.3, 0.4) is 0 Å². The molecule has 0 bridgehead atoms. The number of hydrogen-bond acceptors (Lipinski definition) is 5. The highest BCUT2D eigenvalue weighted by atomic mass is 19.1. The van der Waals surface area contributed by atoms with Crippen LogP contribution in [-0.4, -0.2) is 52.6 Å². The van der Waals surface area contributed by atoms with E-state index in [9.17, 15) is 0 Å². The van der Waals surface area contributed by atoms with Crippen molar-refractivity contribution >= 4 is 28.2 Å². The fourth-order valence-electron chi connectivity index (χ4n) is 6.06. The van der Waals surface area contributed by atoms with Gasteiger partial charge >= 0.3 is 0 Å². The van der Waals surface area contributed by atoms with Crippen molar-refractivity contribution in [3.8, 4) is 5.75 Å². The van der Waals surface area contributed by atoms with Gasteiger partial charge in [0.15, 0.2) is 5.60 Å². The molecule has 0 radical (unpaired) electrons. The molecule has 7 rings (SSSR count). The molecule has 0 amide bonds. The first-order valence-electron chi connectivity index (χ1n) is 13.7. The molecular formula is C33H31FN2O3. The van der Waals surface area contributed by atoms with Crippen LogP contribution in [0.5, 0.6) is 5.75 Å². The lowest BCUT2D eigenvalue weighted by Gasteiger charge is -2.38. The Balaban J connectivity index is 1.40. The van der Waals surface area contributed by atoms with Gasteiger partial charge in [-0.1, -0.05) is 54.6 Å². The van der Waals surface area contributed by atoms with E-state index < -0.39 is 5.60 Å². The van der Waals surface area contributed by atoms with Crippen LogP contribution < -0.4 is 14.5 Å². The first-order chi connectivity index (χ1) is 19.2. The molecular weight excluding hydrogens is 491 g/mol. The van der Waals surface area contributed by atoms with E-state index in [1.54, 1.807) is 6.07 Å².